The Morgan fingerprint density at radius 2 is 1.60 bits per heavy atom. The summed E-state index contributed by atoms with van der Waals surface area (Å²) in [6.07, 6.45) is 0. The zero-order chi connectivity index (χ0) is 15.2. The monoisotopic (exact) mass is 296 g/mol. The molecule has 0 heterocycles. The highest BCUT2D eigenvalue weighted by Crippen LogP contribution is 2.13. The lowest BCUT2D eigenvalue weighted by atomic mass is 10.2. The van der Waals surface area contributed by atoms with Gasteiger partial charge < -0.3 is 15.4 Å². The van der Waals surface area contributed by atoms with Gasteiger partial charge in [0.2, 0.25) is 17.5 Å². The molecule has 0 radical (unpaired) electrons. The molecule has 2 N–H and O–H groups in total. The van der Waals surface area contributed by atoms with Gasteiger partial charge in [0.25, 0.3) is 0 Å². The number of esters is 1. The number of carbonyl (C=O) groups is 3. The van der Waals surface area contributed by atoms with Crippen molar-refractivity contribution in [1.82, 2.24) is 10.6 Å². The van der Waals surface area contributed by atoms with Crippen molar-refractivity contribution in [3.05, 3.63) is 30.3 Å². The van der Waals surface area contributed by atoms with Crippen LogP contribution in [0, 0.1) is 0 Å². The summed E-state index contributed by atoms with van der Waals surface area (Å²) in [4.78, 5) is 34.7. The molecule has 0 aliphatic heterocycles. The van der Waals surface area contributed by atoms with Crippen LogP contribution in [-0.2, 0) is 14.4 Å². The van der Waals surface area contributed by atoms with Crippen LogP contribution < -0.4 is 15.4 Å². The molecule has 0 aliphatic carbocycles. The summed E-state index contributed by atoms with van der Waals surface area (Å²) < 4.78 is 5.16. The van der Waals surface area contributed by atoms with Gasteiger partial charge in [-0.05, 0) is 12.1 Å². The minimum absolute atomic E-state index is 0.141. The third-order valence-electron chi connectivity index (χ3n) is 2.32. The van der Waals surface area contributed by atoms with Crippen LogP contribution in [0.25, 0.3) is 0 Å². The van der Waals surface area contributed by atoms with E-state index in [9.17, 15) is 14.4 Å². The van der Waals surface area contributed by atoms with E-state index < -0.39 is 23.4 Å². The first-order valence-corrected chi connectivity index (χ1v) is 6.48. The Hall–Kier alpha value is -2.02. The van der Waals surface area contributed by atoms with Gasteiger partial charge in [-0.2, -0.15) is 12.6 Å². The molecular weight excluding hydrogens is 280 g/mol. The van der Waals surface area contributed by atoms with Crippen LogP contribution in [0.1, 0.15) is 13.8 Å². The topological polar surface area (TPSA) is 84.5 Å². The third-order valence-corrected chi connectivity index (χ3v) is 2.79. The molecule has 0 aliphatic rings. The second-order valence-electron chi connectivity index (χ2n) is 4.13. The van der Waals surface area contributed by atoms with Crippen LogP contribution in [0.15, 0.2) is 30.3 Å². The van der Waals surface area contributed by atoms with Crippen molar-refractivity contribution in [2.75, 3.05) is 5.75 Å². The summed E-state index contributed by atoms with van der Waals surface area (Å²) in [5.41, 5.74) is -1.70. The Bertz CT molecular complexity index is 488. The van der Waals surface area contributed by atoms with E-state index >= 15 is 0 Å². The van der Waals surface area contributed by atoms with E-state index in [4.69, 9.17) is 4.74 Å². The summed E-state index contributed by atoms with van der Waals surface area (Å²) in [6.45, 7) is 2.46. The van der Waals surface area contributed by atoms with Gasteiger partial charge in [0.15, 0.2) is 0 Å². The molecule has 7 heteroatoms. The van der Waals surface area contributed by atoms with Crippen molar-refractivity contribution in [3.8, 4) is 5.75 Å². The maximum absolute atomic E-state index is 12.2. The van der Waals surface area contributed by atoms with Gasteiger partial charge in [-0.25, -0.2) is 4.79 Å². The molecule has 0 spiro atoms. The fraction of sp³-hybridized carbons (Fsp3) is 0.308. The number of carbonyl (C=O) groups excluding carboxylic acids is 3. The first kappa shape index (κ1) is 16.0. The summed E-state index contributed by atoms with van der Waals surface area (Å²) in [5.74, 6) is -1.63. The summed E-state index contributed by atoms with van der Waals surface area (Å²) in [5, 5.41) is 4.75. The van der Waals surface area contributed by atoms with Gasteiger partial charge >= 0.3 is 5.97 Å². The lowest BCUT2D eigenvalue weighted by Gasteiger charge is -2.30. The maximum atomic E-state index is 12.2. The van der Waals surface area contributed by atoms with Crippen molar-refractivity contribution < 1.29 is 19.1 Å². The van der Waals surface area contributed by atoms with Crippen LogP contribution in [0.4, 0.5) is 0 Å². The van der Waals surface area contributed by atoms with Crippen LogP contribution in [0.2, 0.25) is 0 Å². The molecule has 0 fully saturated rings. The van der Waals surface area contributed by atoms with Crippen molar-refractivity contribution in [3.63, 3.8) is 0 Å². The molecule has 0 atom stereocenters. The van der Waals surface area contributed by atoms with Crippen LogP contribution in [-0.4, -0.2) is 29.2 Å². The van der Waals surface area contributed by atoms with E-state index in [1.165, 1.54) is 13.8 Å². The molecule has 1 rings (SSSR count). The highest BCUT2D eigenvalue weighted by Gasteiger charge is 2.41. The average Bonchev–Trinajstić information content (AvgIpc) is 2.37. The number of hydrogen-bond donors (Lipinski definition) is 3. The molecule has 0 bridgehead atoms. The van der Waals surface area contributed by atoms with E-state index in [1.807, 2.05) is 0 Å². The first-order valence-electron chi connectivity index (χ1n) is 5.85. The standard InChI is InChI=1S/C13H16N2O4S/c1-9(16)14-13(8-20,15-10(2)17)12(18)19-11-6-4-3-5-7-11/h3-7,20H,8H2,1-2H3,(H,14,16)(H,15,17). The minimum Gasteiger partial charge on any atom is -0.423 e. The van der Waals surface area contributed by atoms with Gasteiger partial charge in [-0.15, -0.1) is 0 Å². The normalized spacial score (nSPS) is 10.6. The number of thiol groups is 1. The predicted molar refractivity (Wildman–Crippen MR) is 76.3 cm³/mol. The lowest BCUT2D eigenvalue weighted by molar-refractivity contribution is -0.147. The molecule has 0 saturated carbocycles. The van der Waals surface area contributed by atoms with Gasteiger partial charge in [0, 0.05) is 19.6 Å². The zero-order valence-electron chi connectivity index (χ0n) is 11.2. The number of benzene rings is 1. The number of hydrogen-bond acceptors (Lipinski definition) is 5. The Kier molecular flexibility index (Phi) is 5.57. The molecule has 1 aromatic rings. The number of ether oxygens (including phenoxy) is 1. The second-order valence-corrected chi connectivity index (χ2v) is 4.44. The van der Waals surface area contributed by atoms with Crippen LogP contribution in [0.5, 0.6) is 5.75 Å². The minimum atomic E-state index is -1.70. The Labute approximate surface area is 122 Å². The Balaban J connectivity index is 2.99. The molecule has 0 unspecified atom stereocenters. The smallest absolute Gasteiger partial charge is 0.359 e. The number of para-hydroxylation sites is 1. The molecule has 6 nitrogen and oxygen atoms in total. The molecule has 2 amide bonds. The molecule has 1 aromatic carbocycles. The summed E-state index contributed by atoms with van der Waals surface area (Å²) >= 11 is 4.03. The van der Waals surface area contributed by atoms with E-state index in [0.29, 0.717) is 5.75 Å². The second kappa shape index (κ2) is 6.95. The lowest BCUT2D eigenvalue weighted by Crippen LogP contribution is -2.67. The van der Waals surface area contributed by atoms with Crippen molar-refractivity contribution in [2.24, 2.45) is 0 Å². The van der Waals surface area contributed by atoms with Gasteiger partial charge in [0.1, 0.15) is 5.75 Å². The fourth-order valence-electron chi connectivity index (χ4n) is 1.56. The van der Waals surface area contributed by atoms with Crippen molar-refractivity contribution >= 4 is 30.4 Å². The summed E-state index contributed by atoms with van der Waals surface area (Å²) in [7, 11) is 0. The van der Waals surface area contributed by atoms with Crippen LogP contribution in [0.3, 0.4) is 0 Å². The SMILES string of the molecule is CC(=O)NC(CS)(NC(C)=O)C(=O)Oc1ccccc1. The van der Waals surface area contributed by atoms with E-state index in [0.717, 1.165) is 0 Å². The zero-order valence-corrected chi connectivity index (χ0v) is 12.1. The molecule has 108 valence electrons. The number of amides is 2. The average molecular weight is 296 g/mol. The Morgan fingerprint density at radius 3 is 2.00 bits per heavy atom. The predicted octanol–water partition coefficient (Wildman–Crippen LogP) is 0.490. The van der Waals surface area contributed by atoms with E-state index in [2.05, 4.69) is 23.3 Å². The first-order chi connectivity index (χ1) is 9.39. The van der Waals surface area contributed by atoms with Gasteiger partial charge in [-0.3, -0.25) is 9.59 Å². The quantitative estimate of drug-likeness (QED) is 0.319. The molecule has 20 heavy (non-hydrogen) atoms. The van der Waals surface area contributed by atoms with Crippen molar-refractivity contribution in [2.45, 2.75) is 19.5 Å². The summed E-state index contributed by atoms with van der Waals surface area (Å²) in [6, 6.07) is 8.33. The molecule has 0 aromatic heterocycles. The highest BCUT2D eigenvalue weighted by atomic mass is 32.1. The Morgan fingerprint density at radius 1 is 1.10 bits per heavy atom. The molecule has 0 saturated heterocycles. The third kappa shape index (κ3) is 4.27. The van der Waals surface area contributed by atoms with Gasteiger partial charge in [0.05, 0.1) is 0 Å². The number of nitrogens with one attached hydrogen (secondary N) is 2. The fourth-order valence-corrected chi connectivity index (χ4v) is 1.85. The highest BCUT2D eigenvalue weighted by molar-refractivity contribution is 7.80. The van der Waals surface area contributed by atoms with E-state index in [1.54, 1.807) is 30.3 Å². The largest absolute Gasteiger partial charge is 0.423 e. The van der Waals surface area contributed by atoms with Gasteiger partial charge in [-0.1, -0.05) is 18.2 Å². The molecular formula is C13H16N2O4S. The maximum Gasteiger partial charge on any atom is 0.359 e. The van der Waals surface area contributed by atoms with E-state index in [-0.39, 0.29) is 5.75 Å². The number of rotatable bonds is 5. The van der Waals surface area contributed by atoms with Crippen LogP contribution >= 0.6 is 12.6 Å². The van der Waals surface area contributed by atoms with Crippen molar-refractivity contribution in [1.29, 1.82) is 0 Å².